The van der Waals surface area contributed by atoms with Gasteiger partial charge in [-0.2, -0.15) is 10.2 Å². The highest BCUT2D eigenvalue weighted by atomic mass is 16.7. The number of urea groups is 1. The van der Waals surface area contributed by atoms with Crippen LogP contribution >= 0.6 is 0 Å². The van der Waals surface area contributed by atoms with Gasteiger partial charge in [-0.1, -0.05) is 47.6 Å². The van der Waals surface area contributed by atoms with Gasteiger partial charge in [-0.25, -0.2) is 10.3 Å². The highest BCUT2D eigenvalue weighted by molar-refractivity contribution is 6.10. The number of non-ortho nitro benzene ring substituents is 2. The van der Waals surface area contributed by atoms with Crippen molar-refractivity contribution in [1.82, 2.24) is 5.32 Å². The number of amides is 3. The van der Waals surface area contributed by atoms with E-state index in [9.17, 15) is 44.8 Å². The van der Waals surface area contributed by atoms with Crippen LogP contribution < -0.4 is 16.1 Å². The molecule has 0 saturated carbocycles. The van der Waals surface area contributed by atoms with Gasteiger partial charge in [-0.05, 0) is 107 Å². The zero-order valence-electron chi connectivity index (χ0n) is 36.0. The number of nitro benzene ring substituents is 2. The number of imide groups is 1. The molecule has 0 atom stereocenters. The third-order valence-electron chi connectivity index (χ3n) is 10.2. The first kappa shape index (κ1) is 46.1. The van der Waals surface area contributed by atoms with E-state index in [-0.39, 0.29) is 57.9 Å². The molecule has 0 fully saturated rings. The molecule has 0 radical (unpaired) electrons. The first-order valence-corrected chi connectivity index (χ1v) is 20.6. The highest BCUT2D eigenvalue weighted by Gasteiger charge is 2.16. The van der Waals surface area contributed by atoms with Crippen molar-refractivity contribution in [2.24, 2.45) is 25.6 Å². The van der Waals surface area contributed by atoms with E-state index in [1.807, 2.05) is 6.07 Å². The van der Waals surface area contributed by atoms with Gasteiger partial charge in [0, 0.05) is 57.4 Å². The zero-order chi connectivity index (χ0) is 49.1. The first-order chi connectivity index (χ1) is 33.9. The number of carbonyl (C=O) groups is 3. The number of ketones is 1. The number of nitro groups is 2. The number of rotatable bonds is 16. The Morgan fingerprint density at radius 1 is 0.586 bits per heavy atom. The molecule has 0 unspecified atom stereocenters. The number of nitrogens with zero attached hydrogens (tertiary/aromatic N) is 7. The maximum absolute atomic E-state index is 13.4. The van der Waals surface area contributed by atoms with Gasteiger partial charge in [-0.3, -0.25) is 35.1 Å². The molecule has 21 nitrogen and oxygen atoms in total. The summed E-state index contributed by atoms with van der Waals surface area (Å²) in [6, 6.07) is 38.9. The Kier molecular flexibility index (Phi) is 13.7. The number of hydrogen-bond acceptors (Lipinski definition) is 17. The molecule has 0 aliphatic carbocycles. The second kappa shape index (κ2) is 20.8. The SMILES string of the molecule is O=C(NC(=O)c1ccc2c(N=Nc3ccc(C(=O)c4ccc(N=Nc5c(O)ccc6cc(CON=CONc7cccc([N+](=O)[O-])c7)ccc56)cc4)cc3)c(O)ccc2c1)Nc1cccc([N+](=O)[O-])c1. The summed E-state index contributed by atoms with van der Waals surface area (Å²) in [6.45, 7) is 0.0822. The third kappa shape index (κ3) is 11.1. The van der Waals surface area contributed by atoms with Gasteiger partial charge in [0.1, 0.15) is 29.5 Å². The van der Waals surface area contributed by atoms with Crippen LogP contribution in [0.3, 0.4) is 0 Å². The fourth-order valence-corrected chi connectivity index (χ4v) is 6.81. The van der Waals surface area contributed by atoms with Crippen LogP contribution in [0.4, 0.5) is 50.3 Å². The van der Waals surface area contributed by atoms with Crippen molar-refractivity contribution in [2.75, 3.05) is 10.8 Å². The molecule has 8 rings (SSSR count). The fraction of sp³-hybridized carbons (Fsp3) is 0.0204. The molecule has 346 valence electrons. The average molecular weight is 939 g/mol. The molecule has 5 N–H and O–H groups in total. The molecule has 0 bridgehead atoms. The van der Waals surface area contributed by atoms with Crippen molar-refractivity contribution in [3.05, 3.63) is 200 Å². The van der Waals surface area contributed by atoms with Gasteiger partial charge >= 0.3 is 6.03 Å². The number of fused-ring (bicyclic) bond motifs is 2. The van der Waals surface area contributed by atoms with Crippen molar-refractivity contribution < 1.29 is 44.1 Å². The summed E-state index contributed by atoms with van der Waals surface area (Å²) < 4.78 is 0. The average Bonchev–Trinajstić information content (AvgIpc) is 3.36. The molecule has 0 aliphatic heterocycles. The maximum atomic E-state index is 13.4. The first-order valence-electron chi connectivity index (χ1n) is 20.6. The summed E-state index contributed by atoms with van der Waals surface area (Å²) in [7, 11) is 0. The zero-order valence-corrected chi connectivity index (χ0v) is 36.0. The summed E-state index contributed by atoms with van der Waals surface area (Å²) in [6.07, 6.45) is 1.00. The van der Waals surface area contributed by atoms with Gasteiger partial charge in [-0.15, -0.1) is 10.2 Å². The summed E-state index contributed by atoms with van der Waals surface area (Å²) in [5.74, 6) is -1.29. The summed E-state index contributed by atoms with van der Waals surface area (Å²) >= 11 is 0. The minimum atomic E-state index is -0.895. The van der Waals surface area contributed by atoms with Gasteiger partial charge in [0.2, 0.25) is 6.40 Å². The van der Waals surface area contributed by atoms with E-state index in [0.717, 1.165) is 23.4 Å². The highest BCUT2D eigenvalue weighted by Crippen LogP contribution is 2.38. The number of oxime groups is 1. The van der Waals surface area contributed by atoms with Crippen LogP contribution in [-0.4, -0.2) is 44.2 Å². The van der Waals surface area contributed by atoms with Crippen molar-refractivity contribution >= 4 is 91.2 Å². The molecule has 8 aromatic carbocycles. The summed E-state index contributed by atoms with van der Waals surface area (Å²) in [5.41, 5.74) is 5.42. The normalized spacial score (nSPS) is 11.3. The van der Waals surface area contributed by atoms with Crippen LogP contribution in [-0.2, 0) is 16.3 Å². The lowest BCUT2D eigenvalue weighted by atomic mass is 10.0. The summed E-state index contributed by atoms with van der Waals surface area (Å²) in [5, 5.41) is 71.0. The van der Waals surface area contributed by atoms with E-state index < -0.39 is 21.8 Å². The van der Waals surface area contributed by atoms with E-state index in [1.54, 1.807) is 78.9 Å². The molecule has 0 spiro atoms. The van der Waals surface area contributed by atoms with E-state index in [2.05, 4.69) is 41.7 Å². The largest absolute Gasteiger partial charge is 0.506 e. The van der Waals surface area contributed by atoms with E-state index in [4.69, 9.17) is 9.68 Å². The Morgan fingerprint density at radius 3 is 1.70 bits per heavy atom. The molecular formula is C49H34N10O11. The quantitative estimate of drug-likeness (QED) is 0.0151. The van der Waals surface area contributed by atoms with Crippen molar-refractivity contribution in [1.29, 1.82) is 0 Å². The number of carbonyl (C=O) groups excluding carboxylic acids is 3. The number of aromatic hydroxyl groups is 2. The monoisotopic (exact) mass is 938 g/mol. The second-order valence-electron chi connectivity index (χ2n) is 14.9. The number of phenolic OH excluding ortho intramolecular Hbond substituents is 2. The lowest BCUT2D eigenvalue weighted by Crippen LogP contribution is -2.34. The number of anilines is 2. The summed E-state index contributed by atoms with van der Waals surface area (Å²) in [4.78, 5) is 69.9. The molecule has 21 heteroatoms. The second-order valence-corrected chi connectivity index (χ2v) is 14.9. The van der Waals surface area contributed by atoms with Crippen LogP contribution in [0.1, 0.15) is 31.8 Å². The molecule has 70 heavy (non-hydrogen) atoms. The Morgan fingerprint density at radius 2 is 1.11 bits per heavy atom. The van der Waals surface area contributed by atoms with Gasteiger partial charge in [0.05, 0.1) is 26.9 Å². The molecule has 0 heterocycles. The standard InChI is InChI=1S/C49H34N10O11/c60-43-21-13-32-23-29(27-69-50-28-70-57-38-4-2-6-40(26-38)59(67)68)7-19-41(32)45(43)55-53-35-15-8-30(9-16-35)47(62)31-10-17-36(18-11-31)54-56-46-42-20-12-34(24-33(42)14-22-44(46)61)48(63)52-49(64)51-37-3-1-5-39(25-37)58(65)66/h1-26,28,57,60-61H,27H2,(H2,51,52,63,64). The van der Waals surface area contributed by atoms with Crippen molar-refractivity contribution in [2.45, 2.75) is 6.61 Å². The smallest absolute Gasteiger partial charge is 0.326 e. The lowest BCUT2D eigenvalue weighted by molar-refractivity contribution is -0.385. The van der Waals surface area contributed by atoms with Crippen molar-refractivity contribution in [3.8, 4) is 11.5 Å². The van der Waals surface area contributed by atoms with Crippen LogP contribution in [0.15, 0.2) is 183 Å². The molecular weight excluding hydrogens is 905 g/mol. The number of nitrogens with one attached hydrogen (secondary N) is 3. The predicted molar refractivity (Wildman–Crippen MR) is 257 cm³/mol. The number of azo groups is 2. The molecule has 0 aliphatic rings. The maximum Gasteiger partial charge on any atom is 0.326 e. The minimum absolute atomic E-state index is 0.0822. The third-order valence-corrected chi connectivity index (χ3v) is 10.2. The van der Waals surface area contributed by atoms with Crippen LogP contribution in [0.25, 0.3) is 21.5 Å². The van der Waals surface area contributed by atoms with E-state index in [1.165, 1.54) is 66.7 Å². The van der Waals surface area contributed by atoms with Gasteiger partial charge < -0.3 is 25.2 Å². The Bertz CT molecular complexity index is 3440. The number of phenols is 2. The Hall–Kier alpha value is -10.4. The van der Waals surface area contributed by atoms with E-state index >= 15 is 0 Å². The fourth-order valence-electron chi connectivity index (χ4n) is 6.81. The van der Waals surface area contributed by atoms with Crippen LogP contribution in [0, 0.1) is 20.2 Å². The van der Waals surface area contributed by atoms with Crippen molar-refractivity contribution in [3.63, 3.8) is 0 Å². The Balaban J connectivity index is 0.856. The van der Waals surface area contributed by atoms with Gasteiger partial charge in [0.15, 0.2) is 5.78 Å². The minimum Gasteiger partial charge on any atom is -0.506 e. The topological polar surface area (TPSA) is 294 Å². The lowest BCUT2D eigenvalue weighted by Gasteiger charge is -2.09. The van der Waals surface area contributed by atoms with Crippen LogP contribution in [0.2, 0.25) is 0 Å². The van der Waals surface area contributed by atoms with Gasteiger partial charge in [0.25, 0.3) is 17.3 Å². The van der Waals surface area contributed by atoms with E-state index in [0.29, 0.717) is 44.3 Å². The molecule has 3 amide bonds. The number of benzene rings is 8. The molecule has 8 aromatic rings. The molecule has 0 saturated heterocycles. The van der Waals surface area contributed by atoms with Crippen LogP contribution in [0.5, 0.6) is 11.5 Å². The molecule has 0 aromatic heterocycles. The predicted octanol–water partition coefficient (Wildman–Crippen LogP) is 11.7. The Labute approximate surface area is 394 Å². The number of hydrogen-bond donors (Lipinski definition) is 5.